The third kappa shape index (κ3) is 2.20. The van der Waals surface area contributed by atoms with E-state index in [1.807, 2.05) is 35.2 Å². The maximum absolute atomic E-state index is 12.9. The monoisotopic (exact) mass is 281 g/mol. The maximum Gasteiger partial charge on any atom is 0.254 e. The second kappa shape index (κ2) is 5.11. The summed E-state index contributed by atoms with van der Waals surface area (Å²) in [6, 6.07) is 10.2. The Morgan fingerprint density at radius 1 is 1.24 bits per heavy atom. The summed E-state index contributed by atoms with van der Waals surface area (Å²) in [5.74, 6) is 0.764. The molecule has 0 bridgehead atoms. The minimum absolute atomic E-state index is 0.143. The Hall–Kier alpha value is -1.94. The van der Waals surface area contributed by atoms with Gasteiger partial charge in [-0.2, -0.15) is 0 Å². The predicted octanol–water partition coefficient (Wildman–Crippen LogP) is 2.06. The number of carbonyl (C=O) groups is 1. The van der Waals surface area contributed by atoms with Crippen LogP contribution in [0, 0.1) is 5.92 Å². The van der Waals surface area contributed by atoms with E-state index in [0.29, 0.717) is 12.0 Å². The molecule has 4 rings (SSSR count). The van der Waals surface area contributed by atoms with Crippen molar-refractivity contribution in [1.29, 1.82) is 0 Å². The van der Waals surface area contributed by atoms with Gasteiger partial charge in [0, 0.05) is 36.3 Å². The van der Waals surface area contributed by atoms with E-state index in [4.69, 9.17) is 0 Å². The number of amides is 1. The number of carbonyl (C=O) groups excluding carboxylic acids is 1. The molecule has 2 aliphatic heterocycles. The molecule has 4 heteroatoms. The normalized spacial score (nSPS) is 25.0. The van der Waals surface area contributed by atoms with E-state index >= 15 is 0 Å². The second-order valence-electron chi connectivity index (χ2n) is 6.05. The minimum Gasteiger partial charge on any atom is -0.337 e. The Bertz CT molecular complexity index is 665. The van der Waals surface area contributed by atoms with Crippen molar-refractivity contribution in [2.75, 3.05) is 19.6 Å². The fourth-order valence-corrected chi connectivity index (χ4v) is 3.67. The van der Waals surface area contributed by atoms with Crippen LogP contribution in [0.3, 0.4) is 0 Å². The highest BCUT2D eigenvalue weighted by molar-refractivity contribution is 6.06. The predicted molar refractivity (Wildman–Crippen MR) is 82.2 cm³/mol. The second-order valence-corrected chi connectivity index (χ2v) is 6.05. The topological polar surface area (TPSA) is 45.2 Å². The number of nitrogens with one attached hydrogen (secondary N) is 1. The summed E-state index contributed by atoms with van der Waals surface area (Å²) in [6.07, 6.45) is 4.23. The minimum atomic E-state index is 0.143. The lowest BCUT2D eigenvalue weighted by Gasteiger charge is -2.24. The molecule has 2 aliphatic rings. The number of benzene rings is 1. The largest absolute Gasteiger partial charge is 0.337 e. The number of hydrogen-bond acceptors (Lipinski definition) is 3. The van der Waals surface area contributed by atoms with Gasteiger partial charge >= 0.3 is 0 Å². The van der Waals surface area contributed by atoms with Gasteiger partial charge in [-0.1, -0.05) is 12.1 Å². The van der Waals surface area contributed by atoms with Crippen molar-refractivity contribution in [1.82, 2.24) is 15.2 Å². The van der Waals surface area contributed by atoms with Gasteiger partial charge in [0.05, 0.1) is 5.52 Å². The van der Waals surface area contributed by atoms with Gasteiger partial charge in [0.1, 0.15) is 0 Å². The van der Waals surface area contributed by atoms with Gasteiger partial charge in [0.2, 0.25) is 0 Å². The first-order chi connectivity index (χ1) is 10.3. The molecule has 108 valence electrons. The quantitative estimate of drug-likeness (QED) is 0.870. The fraction of sp³-hybridized carbons (Fsp3) is 0.412. The van der Waals surface area contributed by atoms with Crippen LogP contribution >= 0.6 is 0 Å². The fourth-order valence-electron chi connectivity index (χ4n) is 3.67. The summed E-state index contributed by atoms with van der Waals surface area (Å²) >= 11 is 0. The van der Waals surface area contributed by atoms with Crippen LogP contribution < -0.4 is 5.32 Å². The van der Waals surface area contributed by atoms with E-state index in [0.717, 1.165) is 36.1 Å². The highest BCUT2D eigenvalue weighted by atomic mass is 16.2. The highest BCUT2D eigenvalue weighted by Crippen LogP contribution is 2.27. The van der Waals surface area contributed by atoms with Crippen LogP contribution in [0.25, 0.3) is 10.9 Å². The van der Waals surface area contributed by atoms with E-state index in [-0.39, 0.29) is 5.91 Å². The Balaban J connectivity index is 1.65. The number of nitrogens with zero attached hydrogens (tertiary/aromatic N) is 2. The lowest BCUT2D eigenvalue weighted by Crippen LogP contribution is -2.41. The molecule has 1 aromatic carbocycles. The molecule has 2 atom stereocenters. The Labute approximate surface area is 124 Å². The lowest BCUT2D eigenvalue weighted by molar-refractivity contribution is 0.0787. The molecule has 3 heterocycles. The molecule has 2 unspecified atom stereocenters. The van der Waals surface area contributed by atoms with Crippen molar-refractivity contribution in [2.24, 2.45) is 5.92 Å². The molecule has 4 nitrogen and oxygen atoms in total. The van der Waals surface area contributed by atoms with Crippen molar-refractivity contribution in [3.8, 4) is 0 Å². The molecular weight excluding hydrogens is 262 g/mol. The molecule has 1 aromatic heterocycles. The molecule has 2 saturated heterocycles. The molecule has 21 heavy (non-hydrogen) atoms. The highest BCUT2D eigenvalue weighted by Gasteiger charge is 2.36. The molecule has 1 N–H and O–H groups in total. The van der Waals surface area contributed by atoms with Crippen LogP contribution in [0.2, 0.25) is 0 Å². The number of fused-ring (bicyclic) bond motifs is 2. The van der Waals surface area contributed by atoms with Crippen molar-refractivity contribution in [3.05, 3.63) is 42.1 Å². The Kier molecular flexibility index (Phi) is 3.11. The first kappa shape index (κ1) is 12.8. The molecule has 1 amide bonds. The third-order valence-corrected chi connectivity index (χ3v) is 4.76. The van der Waals surface area contributed by atoms with Crippen LogP contribution in [0.15, 0.2) is 36.5 Å². The first-order valence-electron chi connectivity index (χ1n) is 7.69. The summed E-state index contributed by atoms with van der Waals surface area (Å²) in [5, 5.41) is 4.50. The van der Waals surface area contributed by atoms with Crippen molar-refractivity contribution in [3.63, 3.8) is 0 Å². The van der Waals surface area contributed by atoms with Crippen LogP contribution in [0.4, 0.5) is 0 Å². The zero-order valence-corrected chi connectivity index (χ0v) is 12.0. The number of pyridine rings is 1. The van der Waals surface area contributed by atoms with Gasteiger partial charge in [-0.3, -0.25) is 9.78 Å². The van der Waals surface area contributed by atoms with Crippen LogP contribution in [-0.4, -0.2) is 41.5 Å². The number of piperidine rings is 1. The Morgan fingerprint density at radius 3 is 3.10 bits per heavy atom. The van der Waals surface area contributed by atoms with Gasteiger partial charge in [-0.15, -0.1) is 0 Å². The van der Waals surface area contributed by atoms with Gasteiger partial charge in [0.25, 0.3) is 5.91 Å². The molecule has 0 radical (unpaired) electrons. The molecular formula is C17H19N3O. The number of likely N-dealkylation sites (tertiary alicyclic amines) is 1. The van der Waals surface area contributed by atoms with Gasteiger partial charge in [0.15, 0.2) is 0 Å². The van der Waals surface area contributed by atoms with Gasteiger partial charge < -0.3 is 10.2 Å². The van der Waals surface area contributed by atoms with Crippen molar-refractivity contribution >= 4 is 16.8 Å². The third-order valence-electron chi connectivity index (χ3n) is 4.76. The first-order valence-corrected chi connectivity index (χ1v) is 7.69. The standard InChI is InChI=1S/C17H19N3O/c21-17(20-10-12-4-2-8-19-16(12)11-20)14-5-1-7-15-13(14)6-3-9-18-15/h1,3,5-7,9,12,16,19H,2,4,8,10-11H2. The average Bonchev–Trinajstić information content (AvgIpc) is 2.97. The lowest BCUT2D eigenvalue weighted by atomic mass is 9.94. The molecule has 0 saturated carbocycles. The van der Waals surface area contributed by atoms with E-state index in [1.54, 1.807) is 6.20 Å². The smallest absolute Gasteiger partial charge is 0.254 e. The molecule has 2 fully saturated rings. The van der Waals surface area contributed by atoms with E-state index in [9.17, 15) is 4.79 Å². The van der Waals surface area contributed by atoms with E-state index < -0.39 is 0 Å². The summed E-state index contributed by atoms with van der Waals surface area (Å²) in [4.78, 5) is 19.2. The van der Waals surface area contributed by atoms with Crippen molar-refractivity contribution < 1.29 is 4.79 Å². The maximum atomic E-state index is 12.9. The van der Waals surface area contributed by atoms with Crippen LogP contribution in [0.1, 0.15) is 23.2 Å². The summed E-state index contributed by atoms with van der Waals surface area (Å²) < 4.78 is 0. The number of hydrogen-bond donors (Lipinski definition) is 1. The van der Waals surface area contributed by atoms with Gasteiger partial charge in [-0.05, 0) is 43.5 Å². The van der Waals surface area contributed by atoms with Crippen LogP contribution in [0.5, 0.6) is 0 Å². The zero-order chi connectivity index (χ0) is 14.2. The van der Waals surface area contributed by atoms with E-state index in [1.165, 1.54) is 12.8 Å². The van der Waals surface area contributed by atoms with Crippen LogP contribution in [-0.2, 0) is 0 Å². The SMILES string of the molecule is O=C(c1cccc2ncccc12)N1CC2CCCNC2C1. The molecule has 0 spiro atoms. The average molecular weight is 281 g/mol. The number of rotatable bonds is 1. The summed E-state index contributed by atoms with van der Waals surface area (Å²) in [5.41, 5.74) is 1.66. The van der Waals surface area contributed by atoms with Gasteiger partial charge in [-0.25, -0.2) is 0 Å². The summed E-state index contributed by atoms with van der Waals surface area (Å²) in [6.45, 7) is 2.80. The van der Waals surface area contributed by atoms with Crippen molar-refractivity contribution in [2.45, 2.75) is 18.9 Å². The Morgan fingerprint density at radius 2 is 2.19 bits per heavy atom. The molecule has 2 aromatic rings. The number of aromatic nitrogens is 1. The van der Waals surface area contributed by atoms with E-state index in [2.05, 4.69) is 10.3 Å². The summed E-state index contributed by atoms with van der Waals surface area (Å²) in [7, 11) is 0. The molecule has 0 aliphatic carbocycles. The zero-order valence-electron chi connectivity index (χ0n) is 12.0.